The molecule has 3 aromatic carbocycles. The van der Waals surface area contributed by atoms with Crippen LogP contribution >= 0.6 is 11.6 Å². The highest BCUT2D eigenvalue weighted by atomic mass is 35.5. The Hall–Kier alpha value is -4.19. The van der Waals surface area contributed by atoms with Crippen LogP contribution in [-0.4, -0.2) is 43.6 Å². The number of halogens is 2. The quantitative estimate of drug-likeness (QED) is 0.109. The summed E-state index contributed by atoms with van der Waals surface area (Å²) in [7, 11) is -0.671. The van der Waals surface area contributed by atoms with Crippen molar-refractivity contribution in [2.75, 3.05) is 25.6 Å². The van der Waals surface area contributed by atoms with E-state index in [1.807, 2.05) is 38.1 Å². The van der Waals surface area contributed by atoms with Gasteiger partial charge in [0.1, 0.15) is 41.7 Å². The van der Waals surface area contributed by atoms with Gasteiger partial charge in [0.05, 0.1) is 35.4 Å². The predicted octanol–water partition coefficient (Wildman–Crippen LogP) is 7.39. The molecule has 5 rings (SSSR count). The smallest absolute Gasteiger partial charge is 0.215 e. The largest absolute Gasteiger partial charge is 0.496 e. The van der Waals surface area contributed by atoms with Crippen LogP contribution in [0.25, 0.3) is 10.9 Å². The van der Waals surface area contributed by atoms with Gasteiger partial charge in [-0.15, -0.1) is 0 Å². The van der Waals surface area contributed by atoms with E-state index in [9.17, 15) is 12.8 Å². The van der Waals surface area contributed by atoms with E-state index in [0.29, 0.717) is 69.8 Å². The molecule has 1 N–H and O–H groups in total. The number of benzene rings is 3. The molecule has 1 unspecified atom stereocenters. The van der Waals surface area contributed by atoms with E-state index in [-0.39, 0.29) is 24.9 Å². The maximum Gasteiger partial charge on any atom is 0.215 e. The molecule has 9 nitrogen and oxygen atoms in total. The van der Waals surface area contributed by atoms with Gasteiger partial charge in [0, 0.05) is 35.7 Å². The van der Waals surface area contributed by atoms with Crippen LogP contribution in [0.3, 0.4) is 0 Å². The minimum atomic E-state index is -2.28. The summed E-state index contributed by atoms with van der Waals surface area (Å²) in [5, 5.41) is 4.48. The van der Waals surface area contributed by atoms with E-state index in [2.05, 4.69) is 15.3 Å². The number of fused-ring (bicyclic) bond motifs is 1. The number of nitrogens with one attached hydrogen (secondary N) is 1. The van der Waals surface area contributed by atoms with E-state index in [1.165, 1.54) is 18.5 Å². The number of aromatic nitrogens is 2. The highest BCUT2D eigenvalue weighted by molar-refractivity contribution is 7.73. The van der Waals surface area contributed by atoms with Gasteiger partial charge in [-0.1, -0.05) is 37.6 Å². The van der Waals surface area contributed by atoms with E-state index in [1.54, 1.807) is 37.6 Å². The van der Waals surface area contributed by atoms with E-state index in [0.717, 1.165) is 10.9 Å². The lowest BCUT2D eigenvalue weighted by atomic mass is 9.85. The standard InChI is InChI=1S/C34H35ClFN3O6S/c1-22(2)32(46(40)41)20-43-13-5-11-34(12-6-14-45-34)27-17-26-29(18-31(27)42-3)37-21-38-33(26)39-25-9-10-30(28(35)16-25)44-19-23-7-4-8-24(36)15-23/h4,6-10,14-18,21-22H,5,11-13,19-20H2,1-3H3,(H,37,38,39). The number of ether oxygens (including phenoxy) is 4. The molecule has 1 aliphatic rings. The topological polar surface area (TPSA) is 109 Å². The molecule has 46 heavy (non-hydrogen) atoms. The van der Waals surface area contributed by atoms with E-state index < -0.39 is 15.9 Å². The minimum absolute atomic E-state index is 0.0652. The molecular weight excluding hydrogens is 633 g/mol. The van der Waals surface area contributed by atoms with E-state index in [4.69, 9.17) is 30.5 Å². The van der Waals surface area contributed by atoms with E-state index >= 15 is 0 Å². The van der Waals surface area contributed by atoms with Crippen LogP contribution in [0.5, 0.6) is 11.5 Å². The SMILES string of the molecule is COc1cc2ncnc(Nc3ccc(OCc4cccc(F)c4)c(Cl)c3)c2cc1C1(CCCOCC(C(C)C)=S(=O)=O)CC=CO1. The fourth-order valence-electron chi connectivity index (χ4n) is 5.30. The van der Waals surface area contributed by atoms with Gasteiger partial charge in [-0.2, -0.15) is 8.42 Å². The Morgan fingerprint density at radius 3 is 2.67 bits per heavy atom. The van der Waals surface area contributed by atoms with Crippen LogP contribution in [0.15, 0.2) is 73.3 Å². The Morgan fingerprint density at radius 1 is 1.13 bits per heavy atom. The lowest BCUT2D eigenvalue weighted by molar-refractivity contribution is 0.0203. The number of anilines is 2. The van der Waals surface area contributed by atoms with Crippen LogP contribution in [0.2, 0.25) is 5.02 Å². The summed E-state index contributed by atoms with van der Waals surface area (Å²) in [6, 6.07) is 15.4. The van der Waals surface area contributed by atoms with Crippen LogP contribution in [0.1, 0.15) is 44.2 Å². The fourth-order valence-corrected chi connectivity index (χ4v) is 6.10. The molecule has 242 valence electrons. The third-order valence-corrected chi connectivity index (χ3v) is 9.05. The number of nitrogens with zero attached hydrogens (tertiary/aromatic N) is 2. The number of hydrogen-bond acceptors (Lipinski definition) is 9. The molecule has 0 saturated carbocycles. The second-order valence-electron chi connectivity index (χ2n) is 11.2. The zero-order chi connectivity index (χ0) is 32.7. The van der Waals surface area contributed by atoms with Crippen molar-refractivity contribution in [2.45, 2.75) is 45.3 Å². The molecule has 4 aromatic rings. The average molecular weight is 668 g/mol. The molecule has 2 heterocycles. The van der Waals surface area contributed by atoms with Crippen molar-refractivity contribution in [2.24, 2.45) is 5.92 Å². The zero-order valence-electron chi connectivity index (χ0n) is 25.8. The van der Waals surface area contributed by atoms with Gasteiger partial charge >= 0.3 is 0 Å². The fraction of sp³-hybridized carbons (Fsp3) is 0.324. The van der Waals surface area contributed by atoms with Crippen molar-refractivity contribution in [3.8, 4) is 11.5 Å². The molecule has 0 bridgehead atoms. The summed E-state index contributed by atoms with van der Waals surface area (Å²) < 4.78 is 60.1. The number of rotatable bonds is 14. The molecular formula is C34H35ClFN3O6S. The minimum Gasteiger partial charge on any atom is -0.496 e. The van der Waals surface area contributed by atoms with Crippen molar-refractivity contribution in [1.29, 1.82) is 0 Å². The molecule has 1 atom stereocenters. The van der Waals surface area contributed by atoms with Gasteiger partial charge in [-0.25, -0.2) is 14.4 Å². The normalized spacial score (nSPS) is 15.6. The lowest BCUT2D eigenvalue weighted by Gasteiger charge is -2.31. The first-order valence-electron chi connectivity index (χ1n) is 14.8. The lowest BCUT2D eigenvalue weighted by Crippen LogP contribution is -2.26. The third kappa shape index (κ3) is 7.78. The van der Waals surface area contributed by atoms with Crippen molar-refractivity contribution in [3.63, 3.8) is 0 Å². The second-order valence-corrected chi connectivity index (χ2v) is 12.6. The Bertz CT molecular complexity index is 1870. The molecule has 1 aromatic heterocycles. The van der Waals surface area contributed by atoms with Gasteiger partial charge in [0.25, 0.3) is 0 Å². The van der Waals surface area contributed by atoms with Gasteiger partial charge < -0.3 is 24.3 Å². The first-order valence-corrected chi connectivity index (χ1v) is 16.3. The van der Waals surface area contributed by atoms with Gasteiger partial charge in [-0.3, -0.25) is 0 Å². The third-order valence-electron chi connectivity index (χ3n) is 7.73. The maximum absolute atomic E-state index is 13.5. The van der Waals surface area contributed by atoms with Crippen molar-refractivity contribution < 1.29 is 31.8 Å². The average Bonchev–Trinajstić information content (AvgIpc) is 3.51. The second kappa shape index (κ2) is 14.9. The molecule has 0 saturated heterocycles. The molecule has 0 amide bonds. The maximum atomic E-state index is 13.5. The zero-order valence-corrected chi connectivity index (χ0v) is 27.3. The highest BCUT2D eigenvalue weighted by Gasteiger charge is 2.38. The van der Waals surface area contributed by atoms with Crippen LogP contribution < -0.4 is 14.8 Å². The Kier molecular flexibility index (Phi) is 10.8. The summed E-state index contributed by atoms with van der Waals surface area (Å²) in [5.74, 6) is 1.21. The van der Waals surface area contributed by atoms with Crippen molar-refractivity contribution >= 4 is 49.2 Å². The molecule has 0 fully saturated rings. The first kappa shape index (κ1) is 33.2. The summed E-state index contributed by atoms with van der Waals surface area (Å²) in [4.78, 5) is 9.33. The summed E-state index contributed by atoms with van der Waals surface area (Å²) >= 11 is 6.55. The monoisotopic (exact) mass is 667 g/mol. The highest BCUT2D eigenvalue weighted by Crippen LogP contribution is 2.45. The molecule has 12 heteroatoms. The van der Waals surface area contributed by atoms with Crippen molar-refractivity contribution in [3.05, 3.63) is 95.2 Å². The molecule has 1 aliphatic heterocycles. The summed E-state index contributed by atoms with van der Waals surface area (Å²) in [5.41, 5.74) is 2.17. The summed E-state index contributed by atoms with van der Waals surface area (Å²) in [6.45, 7) is 4.27. The van der Waals surface area contributed by atoms with Gasteiger partial charge in [-0.05, 0) is 66.8 Å². The predicted molar refractivity (Wildman–Crippen MR) is 177 cm³/mol. The summed E-state index contributed by atoms with van der Waals surface area (Å²) in [6.07, 6.45) is 6.98. The van der Waals surface area contributed by atoms with Crippen LogP contribution in [-0.2, 0) is 32.0 Å². The van der Waals surface area contributed by atoms with Gasteiger partial charge in [0.15, 0.2) is 0 Å². The van der Waals surface area contributed by atoms with Crippen LogP contribution in [0, 0.1) is 11.7 Å². The van der Waals surface area contributed by atoms with Gasteiger partial charge in [0.2, 0.25) is 10.3 Å². The van der Waals surface area contributed by atoms with Crippen LogP contribution in [0.4, 0.5) is 15.9 Å². The van der Waals surface area contributed by atoms with Crippen molar-refractivity contribution in [1.82, 2.24) is 9.97 Å². The Balaban J connectivity index is 1.35. The number of methoxy groups -OCH3 is 1. The molecule has 0 aliphatic carbocycles. The number of hydrogen-bond donors (Lipinski definition) is 1. The Labute approximate surface area is 273 Å². The Morgan fingerprint density at radius 2 is 1.98 bits per heavy atom. The first-order chi connectivity index (χ1) is 22.2. The molecule has 0 spiro atoms. The molecule has 0 radical (unpaired) electrons.